The van der Waals surface area contributed by atoms with E-state index < -0.39 is 0 Å². The number of thiophene rings is 1. The fourth-order valence-electron chi connectivity index (χ4n) is 1.15. The average molecular weight is 198 g/mol. The molecule has 0 aliphatic heterocycles. The van der Waals surface area contributed by atoms with Crippen LogP contribution in [0.4, 0.5) is 0 Å². The molecule has 1 aromatic rings. The minimum absolute atomic E-state index is 1.00. The van der Waals surface area contributed by atoms with E-state index in [4.69, 9.17) is 0 Å². The van der Waals surface area contributed by atoms with E-state index in [1.165, 1.54) is 9.75 Å². The van der Waals surface area contributed by atoms with E-state index in [0.717, 1.165) is 26.2 Å². The zero-order chi connectivity index (χ0) is 9.52. The summed E-state index contributed by atoms with van der Waals surface area (Å²) in [5.41, 5.74) is 0. The first-order chi connectivity index (χ1) is 6.33. The molecule has 74 valence electrons. The molecule has 0 bridgehead atoms. The molecule has 0 radical (unpaired) electrons. The van der Waals surface area contributed by atoms with Crippen molar-refractivity contribution in [2.24, 2.45) is 0 Å². The lowest BCUT2D eigenvalue weighted by atomic mass is 10.4. The van der Waals surface area contributed by atoms with Crippen molar-refractivity contribution in [3.63, 3.8) is 0 Å². The summed E-state index contributed by atoms with van der Waals surface area (Å²) in [6.07, 6.45) is 0. The second-order valence-electron chi connectivity index (χ2n) is 3.04. The van der Waals surface area contributed by atoms with Gasteiger partial charge in [-0.2, -0.15) is 0 Å². The Bertz CT molecular complexity index is 233. The summed E-state index contributed by atoms with van der Waals surface area (Å²) >= 11 is 1.87. The monoisotopic (exact) mass is 198 g/mol. The number of likely N-dealkylation sites (N-methyl/N-ethyl adjacent to an activating group) is 1. The summed E-state index contributed by atoms with van der Waals surface area (Å²) in [5, 5.41) is 6.68. The van der Waals surface area contributed by atoms with Crippen molar-refractivity contribution in [3.05, 3.63) is 21.9 Å². The number of aryl methyl sites for hydroxylation is 1. The Kier molecular flexibility index (Phi) is 5.05. The van der Waals surface area contributed by atoms with Gasteiger partial charge in [0.05, 0.1) is 0 Å². The van der Waals surface area contributed by atoms with Crippen molar-refractivity contribution < 1.29 is 0 Å². The number of hydrogen-bond acceptors (Lipinski definition) is 3. The zero-order valence-corrected chi connectivity index (χ0v) is 9.21. The number of hydrogen-bond donors (Lipinski definition) is 2. The molecule has 0 aliphatic carbocycles. The van der Waals surface area contributed by atoms with Crippen molar-refractivity contribution in [3.8, 4) is 0 Å². The number of rotatable bonds is 6. The van der Waals surface area contributed by atoms with E-state index in [0.29, 0.717) is 0 Å². The Labute approximate surface area is 84.4 Å². The molecule has 0 aliphatic rings. The maximum atomic E-state index is 3.40. The fourth-order valence-corrected chi connectivity index (χ4v) is 2.01. The first-order valence-corrected chi connectivity index (χ1v) is 5.61. The average Bonchev–Trinajstić information content (AvgIpc) is 2.51. The van der Waals surface area contributed by atoms with Gasteiger partial charge in [-0.05, 0) is 25.6 Å². The van der Waals surface area contributed by atoms with Crippen molar-refractivity contribution >= 4 is 11.3 Å². The third-order valence-electron chi connectivity index (χ3n) is 1.82. The van der Waals surface area contributed by atoms with Gasteiger partial charge < -0.3 is 10.6 Å². The van der Waals surface area contributed by atoms with Crippen LogP contribution in [0.25, 0.3) is 0 Å². The van der Waals surface area contributed by atoms with Crippen LogP contribution in [0, 0.1) is 6.92 Å². The van der Waals surface area contributed by atoms with Gasteiger partial charge in [-0.3, -0.25) is 0 Å². The van der Waals surface area contributed by atoms with Crippen molar-refractivity contribution in [2.45, 2.75) is 20.4 Å². The Morgan fingerprint density at radius 1 is 1.23 bits per heavy atom. The smallest absolute Gasteiger partial charge is 0.0300 e. The second-order valence-corrected chi connectivity index (χ2v) is 4.42. The van der Waals surface area contributed by atoms with E-state index in [2.05, 4.69) is 36.6 Å². The molecule has 0 fully saturated rings. The van der Waals surface area contributed by atoms with Crippen LogP contribution in [-0.2, 0) is 6.54 Å². The molecular formula is C10H18N2S. The van der Waals surface area contributed by atoms with Gasteiger partial charge in [-0.1, -0.05) is 6.92 Å². The highest BCUT2D eigenvalue weighted by atomic mass is 32.1. The molecule has 0 atom stereocenters. The van der Waals surface area contributed by atoms with E-state index in [9.17, 15) is 0 Å². The van der Waals surface area contributed by atoms with Crippen molar-refractivity contribution in [1.29, 1.82) is 0 Å². The molecular weight excluding hydrogens is 180 g/mol. The fraction of sp³-hybridized carbons (Fsp3) is 0.600. The minimum atomic E-state index is 1.00. The number of nitrogens with one attached hydrogen (secondary N) is 2. The van der Waals surface area contributed by atoms with E-state index in [-0.39, 0.29) is 0 Å². The maximum absolute atomic E-state index is 3.40. The van der Waals surface area contributed by atoms with Crippen LogP contribution in [0.15, 0.2) is 12.1 Å². The van der Waals surface area contributed by atoms with Gasteiger partial charge in [0.25, 0.3) is 0 Å². The molecule has 0 spiro atoms. The van der Waals surface area contributed by atoms with E-state index >= 15 is 0 Å². The topological polar surface area (TPSA) is 24.1 Å². The molecule has 0 unspecified atom stereocenters. The molecule has 1 aromatic heterocycles. The van der Waals surface area contributed by atoms with Crippen molar-refractivity contribution in [2.75, 3.05) is 19.6 Å². The first kappa shape index (κ1) is 10.7. The van der Waals surface area contributed by atoms with Crippen LogP contribution in [-0.4, -0.2) is 19.6 Å². The van der Waals surface area contributed by atoms with Gasteiger partial charge in [0.1, 0.15) is 0 Å². The molecule has 1 heterocycles. The highest BCUT2D eigenvalue weighted by Gasteiger charge is 1.94. The SMILES string of the molecule is CCNCCNCc1ccc(C)s1. The van der Waals surface area contributed by atoms with Crippen LogP contribution in [0.1, 0.15) is 16.7 Å². The van der Waals surface area contributed by atoms with E-state index in [1.54, 1.807) is 0 Å². The highest BCUT2D eigenvalue weighted by molar-refractivity contribution is 7.11. The van der Waals surface area contributed by atoms with Crippen LogP contribution in [0.5, 0.6) is 0 Å². The van der Waals surface area contributed by atoms with Gasteiger partial charge in [0.15, 0.2) is 0 Å². The predicted molar refractivity (Wildman–Crippen MR) is 59.3 cm³/mol. The predicted octanol–water partition coefficient (Wildman–Crippen LogP) is 1.76. The molecule has 13 heavy (non-hydrogen) atoms. The molecule has 0 saturated heterocycles. The molecule has 0 aromatic carbocycles. The Balaban J connectivity index is 2.06. The Morgan fingerprint density at radius 2 is 2.00 bits per heavy atom. The lowest BCUT2D eigenvalue weighted by Gasteiger charge is -2.02. The van der Waals surface area contributed by atoms with Gasteiger partial charge in [-0.25, -0.2) is 0 Å². The summed E-state index contributed by atoms with van der Waals surface area (Å²) in [5.74, 6) is 0. The molecule has 2 N–H and O–H groups in total. The quantitative estimate of drug-likeness (QED) is 0.681. The largest absolute Gasteiger partial charge is 0.316 e. The summed E-state index contributed by atoms with van der Waals surface area (Å²) in [6, 6.07) is 4.37. The third-order valence-corrected chi connectivity index (χ3v) is 2.82. The Hall–Kier alpha value is -0.380. The summed E-state index contributed by atoms with van der Waals surface area (Å²) in [7, 11) is 0. The molecule has 0 amide bonds. The van der Waals surface area contributed by atoms with Crippen LogP contribution >= 0.6 is 11.3 Å². The standard InChI is InChI=1S/C10H18N2S/c1-3-11-6-7-12-8-10-5-4-9(2)13-10/h4-5,11-12H,3,6-8H2,1-2H3. The first-order valence-electron chi connectivity index (χ1n) is 4.79. The summed E-state index contributed by atoms with van der Waals surface area (Å²) < 4.78 is 0. The van der Waals surface area contributed by atoms with Crippen LogP contribution in [0.3, 0.4) is 0 Å². The highest BCUT2D eigenvalue weighted by Crippen LogP contribution is 2.13. The normalized spacial score (nSPS) is 10.6. The molecule has 1 rings (SSSR count). The van der Waals surface area contributed by atoms with Crippen LogP contribution in [0.2, 0.25) is 0 Å². The summed E-state index contributed by atoms with van der Waals surface area (Å²) in [4.78, 5) is 2.82. The molecule has 3 heteroatoms. The van der Waals surface area contributed by atoms with Gasteiger partial charge in [0, 0.05) is 29.4 Å². The molecule has 0 saturated carbocycles. The zero-order valence-electron chi connectivity index (χ0n) is 8.39. The summed E-state index contributed by atoms with van der Waals surface area (Å²) in [6.45, 7) is 8.44. The lowest BCUT2D eigenvalue weighted by molar-refractivity contribution is 0.628. The Morgan fingerprint density at radius 3 is 2.62 bits per heavy atom. The van der Waals surface area contributed by atoms with Crippen LogP contribution < -0.4 is 10.6 Å². The van der Waals surface area contributed by atoms with Gasteiger partial charge in [0.2, 0.25) is 0 Å². The van der Waals surface area contributed by atoms with Gasteiger partial charge in [-0.15, -0.1) is 11.3 Å². The second kappa shape index (κ2) is 6.13. The lowest BCUT2D eigenvalue weighted by Crippen LogP contribution is -2.26. The maximum Gasteiger partial charge on any atom is 0.0300 e. The van der Waals surface area contributed by atoms with Gasteiger partial charge >= 0.3 is 0 Å². The van der Waals surface area contributed by atoms with Crippen molar-refractivity contribution in [1.82, 2.24) is 10.6 Å². The minimum Gasteiger partial charge on any atom is -0.316 e. The van der Waals surface area contributed by atoms with E-state index in [1.807, 2.05) is 11.3 Å². The third kappa shape index (κ3) is 4.41. The molecule has 2 nitrogen and oxygen atoms in total.